The van der Waals surface area contributed by atoms with Crippen molar-refractivity contribution in [3.05, 3.63) is 54.7 Å². The lowest BCUT2D eigenvalue weighted by Gasteiger charge is -2.47. The zero-order valence-electron chi connectivity index (χ0n) is 19.7. The average molecular weight is 515 g/mol. The van der Waals surface area contributed by atoms with Crippen LogP contribution in [0.15, 0.2) is 48.9 Å². The molecule has 10 heteroatoms. The quantitative estimate of drug-likeness (QED) is 0.274. The maximum atomic E-state index is 16.2. The predicted octanol–water partition coefficient (Wildman–Crippen LogP) is 5.74. The number of aliphatic carboxylic acids is 1. The monoisotopic (exact) mass is 514 g/mol. The number of hydrogen-bond acceptors (Lipinski definition) is 7. The third-order valence-electron chi connectivity index (χ3n) is 7.87. The molecule has 0 amide bonds. The maximum Gasteiger partial charge on any atom is 0.308 e. The van der Waals surface area contributed by atoms with Gasteiger partial charge in [0.05, 0.1) is 16.4 Å². The molecule has 3 N–H and O–H groups in total. The molecule has 3 saturated carbocycles. The number of H-pyrrole nitrogens is 1. The fourth-order valence-electron chi connectivity index (χ4n) is 6.12. The van der Waals surface area contributed by atoms with Crippen LogP contribution in [0.25, 0.3) is 43.2 Å². The molecular weight excluding hydrogens is 491 g/mol. The van der Waals surface area contributed by atoms with Crippen LogP contribution in [0.3, 0.4) is 0 Å². The summed E-state index contributed by atoms with van der Waals surface area (Å²) in [4.78, 5) is 34.0. The molecule has 0 spiro atoms. The number of fused-ring (bicyclic) bond motifs is 5. The highest BCUT2D eigenvalue weighted by molar-refractivity contribution is 7.22. The number of carboxylic acid groups (broad SMARTS) is 1. The molecule has 4 heterocycles. The fraction of sp³-hybridized carbons (Fsp3) is 0.296. The van der Waals surface area contributed by atoms with E-state index < -0.39 is 17.7 Å². The van der Waals surface area contributed by atoms with Crippen molar-refractivity contribution in [2.45, 2.75) is 31.7 Å². The van der Waals surface area contributed by atoms with Crippen LogP contribution in [0.5, 0.6) is 0 Å². The summed E-state index contributed by atoms with van der Waals surface area (Å²) >= 11 is 1.46. The Labute approximate surface area is 215 Å². The van der Waals surface area contributed by atoms with Crippen molar-refractivity contribution in [3.8, 4) is 22.0 Å². The second kappa shape index (κ2) is 8.58. The molecule has 0 radical (unpaired) electrons. The Bertz CT molecular complexity index is 1620. The number of hydrogen-bond donors (Lipinski definition) is 3. The molecular formula is C27H23FN6O2S. The lowest BCUT2D eigenvalue weighted by molar-refractivity contribution is -0.148. The van der Waals surface area contributed by atoms with Gasteiger partial charge < -0.3 is 15.4 Å². The van der Waals surface area contributed by atoms with E-state index in [1.807, 2.05) is 30.3 Å². The van der Waals surface area contributed by atoms with Gasteiger partial charge in [-0.25, -0.2) is 19.3 Å². The number of benzene rings is 1. The van der Waals surface area contributed by atoms with E-state index in [-0.39, 0.29) is 29.4 Å². The number of rotatable bonds is 5. The third kappa shape index (κ3) is 3.66. The van der Waals surface area contributed by atoms with Crippen molar-refractivity contribution in [3.63, 3.8) is 0 Å². The number of carbonyl (C=O) groups is 1. The summed E-state index contributed by atoms with van der Waals surface area (Å²) in [6.07, 6.45) is 8.58. The first kappa shape index (κ1) is 22.3. The van der Waals surface area contributed by atoms with E-state index in [9.17, 15) is 9.90 Å². The normalized spacial score (nSPS) is 23.1. The molecule has 3 aliphatic carbocycles. The van der Waals surface area contributed by atoms with Gasteiger partial charge in [0.2, 0.25) is 0 Å². The summed E-state index contributed by atoms with van der Waals surface area (Å²) in [5.74, 6) is -1.40. The average Bonchev–Trinajstić information content (AvgIpc) is 3.55. The van der Waals surface area contributed by atoms with Crippen molar-refractivity contribution in [2.75, 3.05) is 5.32 Å². The summed E-state index contributed by atoms with van der Waals surface area (Å²) in [5.41, 5.74) is 1.95. The summed E-state index contributed by atoms with van der Waals surface area (Å²) in [6, 6.07) is 9.42. The molecule has 2 atom stereocenters. The van der Waals surface area contributed by atoms with Crippen LogP contribution >= 0.6 is 11.3 Å². The molecule has 3 fully saturated rings. The Morgan fingerprint density at radius 1 is 1.08 bits per heavy atom. The number of nitrogens with zero attached hydrogens (tertiary/aromatic N) is 4. The van der Waals surface area contributed by atoms with Gasteiger partial charge in [0.15, 0.2) is 23.1 Å². The van der Waals surface area contributed by atoms with Crippen LogP contribution in [-0.2, 0) is 4.79 Å². The molecule has 8 rings (SSSR count). The van der Waals surface area contributed by atoms with E-state index in [2.05, 4.69) is 30.2 Å². The van der Waals surface area contributed by atoms with Crippen LogP contribution in [0, 0.1) is 23.6 Å². The SMILES string of the molecule is O=C(O)[C@@H]1C2CCC(CC2)[C@H]1Nc1nc(-c2c[nH]c3nccnc23)nc(-c2cc3ccccc3s2)c1F. The summed E-state index contributed by atoms with van der Waals surface area (Å²) < 4.78 is 17.2. The highest BCUT2D eigenvalue weighted by Gasteiger charge is 2.47. The van der Waals surface area contributed by atoms with Gasteiger partial charge in [0.1, 0.15) is 11.2 Å². The van der Waals surface area contributed by atoms with E-state index in [4.69, 9.17) is 0 Å². The number of anilines is 1. The minimum absolute atomic E-state index is 0.0273. The van der Waals surface area contributed by atoms with Gasteiger partial charge >= 0.3 is 5.97 Å². The molecule has 8 nitrogen and oxygen atoms in total. The highest BCUT2D eigenvalue weighted by atomic mass is 32.1. The van der Waals surface area contributed by atoms with Crippen molar-refractivity contribution in [2.24, 2.45) is 17.8 Å². The number of carboxylic acids is 1. The number of aromatic amines is 1. The van der Waals surface area contributed by atoms with Crippen molar-refractivity contribution in [1.29, 1.82) is 0 Å². The largest absolute Gasteiger partial charge is 0.481 e. The molecule has 2 bridgehead atoms. The molecule has 3 aliphatic rings. The number of thiophene rings is 1. The minimum Gasteiger partial charge on any atom is -0.481 e. The maximum absolute atomic E-state index is 16.2. The Morgan fingerprint density at radius 2 is 1.86 bits per heavy atom. The van der Waals surface area contributed by atoms with Gasteiger partial charge in [0.25, 0.3) is 0 Å². The standard InChI is InChI=1S/C27H23FN6O2S/c28-20-23(18-11-15-3-1-2-4-17(15)37-18)33-24(16-12-31-26-22(16)29-9-10-30-26)34-25(20)32-21-14-7-5-13(6-8-14)19(21)27(35)36/h1-4,9-14,19,21H,5-8H2,(H,30,31)(H,35,36)(H,32,33,34)/t13?,14?,19-,21-/m1/s1. The molecule has 1 aromatic carbocycles. The number of aromatic nitrogens is 5. The second-order valence-electron chi connectivity index (χ2n) is 9.87. The van der Waals surface area contributed by atoms with Crippen molar-refractivity contribution >= 4 is 44.4 Å². The minimum atomic E-state index is -0.835. The topological polar surface area (TPSA) is 117 Å². The smallest absolute Gasteiger partial charge is 0.308 e. The molecule has 37 heavy (non-hydrogen) atoms. The Hall–Kier alpha value is -3.92. The fourth-order valence-corrected chi connectivity index (χ4v) is 7.16. The Morgan fingerprint density at radius 3 is 2.68 bits per heavy atom. The first-order chi connectivity index (χ1) is 18.1. The Kier molecular flexibility index (Phi) is 5.17. The van der Waals surface area contributed by atoms with Gasteiger partial charge in [-0.3, -0.25) is 9.78 Å². The van der Waals surface area contributed by atoms with E-state index >= 15 is 4.39 Å². The van der Waals surface area contributed by atoms with Crippen LogP contribution in [0.4, 0.5) is 10.2 Å². The molecule has 5 aromatic rings. The summed E-state index contributed by atoms with van der Waals surface area (Å²) in [5, 5.41) is 14.3. The first-order valence-electron chi connectivity index (χ1n) is 12.4. The van der Waals surface area contributed by atoms with Crippen LogP contribution in [0.2, 0.25) is 0 Å². The molecule has 0 saturated heterocycles. The van der Waals surface area contributed by atoms with Crippen LogP contribution < -0.4 is 5.32 Å². The summed E-state index contributed by atoms with van der Waals surface area (Å²) in [6.45, 7) is 0. The zero-order chi connectivity index (χ0) is 25.1. The number of nitrogens with one attached hydrogen (secondary N) is 2. The van der Waals surface area contributed by atoms with E-state index in [1.54, 1.807) is 18.6 Å². The third-order valence-corrected chi connectivity index (χ3v) is 8.99. The van der Waals surface area contributed by atoms with Gasteiger partial charge in [0, 0.05) is 29.3 Å². The van der Waals surface area contributed by atoms with Crippen molar-refractivity contribution < 1.29 is 14.3 Å². The van der Waals surface area contributed by atoms with Crippen molar-refractivity contribution in [1.82, 2.24) is 24.9 Å². The lowest BCUT2D eigenvalue weighted by Crippen LogP contribution is -2.51. The van der Waals surface area contributed by atoms with E-state index in [0.29, 0.717) is 27.4 Å². The Balaban J connectivity index is 1.39. The second-order valence-corrected chi connectivity index (χ2v) is 11.0. The zero-order valence-corrected chi connectivity index (χ0v) is 20.5. The molecule has 186 valence electrons. The first-order valence-corrected chi connectivity index (χ1v) is 13.2. The van der Waals surface area contributed by atoms with E-state index in [0.717, 1.165) is 35.8 Å². The van der Waals surface area contributed by atoms with Gasteiger partial charge in [-0.1, -0.05) is 18.2 Å². The van der Waals surface area contributed by atoms with E-state index in [1.165, 1.54) is 11.3 Å². The molecule has 4 aromatic heterocycles. The molecule has 0 unspecified atom stereocenters. The lowest BCUT2D eigenvalue weighted by atomic mass is 9.61. The van der Waals surface area contributed by atoms with Gasteiger partial charge in [-0.05, 0) is 55.0 Å². The van der Waals surface area contributed by atoms with Gasteiger partial charge in [-0.15, -0.1) is 11.3 Å². The van der Waals surface area contributed by atoms with Crippen LogP contribution in [-0.4, -0.2) is 42.0 Å². The van der Waals surface area contributed by atoms with Crippen LogP contribution in [0.1, 0.15) is 25.7 Å². The van der Waals surface area contributed by atoms with Gasteiger partial charge in [-0.2, -0.15) is 0 Å². The summed E-state index contributed by atoms with van der Waals surface area (Å²) in [7, 11) is 0. The number of halogens is 1. The predicted molar refractivity (Wildman–Crippen MR) is 140 cm³/mol. The molecule has 0 aliphatic heterocycles. The highest BCUT2D eigenvalue weighted by Crippen LogP contribution is 2.47.